The first-order valence-electron chi connectivity index (χ1n) is 8.08. The van der Waals surface area contributed by atoms with Crippen molar-refractivity contribution in [1.82, 2.24) is 30.4 Å². The van der Waals surface area contributed by atoms with Crippen LogP contribution in [-0.2, 0) is 0 Å². The summed E-state index contributed by atoms with van der Waals surface area (Å²) in [5.74, 6) is 1.66. The van der Waals surface area contributed by atoms with Crippen molar-refractivity contribution in [1.29, 1.82) is 0 Å². The number of benzene rings is 1. The van der Waals surface area contributed by atoms with Crippen molar-refractivity contribution < 1.29 is 4.52 Å². The molecule has 0 unspecified atom stereocenters. The Balaban J connectivity index is 1.65. The van der Waals surface area contributed by atoms with Crippen molar-refractivity contribution >= 4 is 17.6 Å². The van der Waals surface area contributed by atoms with Crippen LogP contribution in [0, 0.1) is 0 Å². The number of rotatable bonds is 4. The lowest BCUT2D eigenvalue weighted by Crippen LogP contribution is -2.15. The van der Waals surface area contributed by atoms with E-state index in [4.69, 9.17) is 10.3 Å². The monoisotopic (exact) mass is 338 g/mol. The van der Waals surface area contributed by atoms with Crippen LogP contribution in [0.15, 0.2) is 34.9 Å². The second-order valence-corrected chi connectivity index (χ2v) is 5.82. The number of nitrogen functional groups attached to an aromatic ring is 1. The Morgan fingerprint density at radius 3 is 2.72 bits per heavy atom. The minimum atomic E-state index is 0.0897. The molecule has 0 radical (unpaired) electrons. The van der Waals surface area contributed by atoms with Gasteiger partial charge in [-0.2, -0.15) is 19.9 Å². The fourth-order valence-electron chi connectivity index (χ4n) is 2.76. The Morgan fingerprint density at radius 2 is 1.96 bits per heavy atom. The predicted octanol–water partition coefficient (Wildman–Crippen LogP) is 1.70. The molecule has 0 saturated carbocycles. The molecule has 3 aromatic rings. The zero-order valence-corrected chi connectivity index (χ0v) is 13.8. The molecule has 1 fully saturated rings. The van der Waals surface area contributed by atoms with Gasteiger partial charge in [-0.3, -0.25) is 0 Å². The van der Waals surface area contributed by atoms with Gasteiger partial charge in [0, 0.05) is 12.7 Å². The Labute approximate surface area is 144 Å². The zero-order valence-electron chi connectivity index (χ0n) is 13.8. The zero-order chi connectivity index (χ0) is 17.2. The average Bonchev–Trinajstić information content (AvgIpc) is 3.32. The number of anilines is 3. The van der Waals surface area contributed by atoms with E-state index in [-0.39, 0.29) is 12.0 Å². The highest BCUT2D eigenvalue weighted by Crippen LogP contribution is 2.25. The minimum Gasteiger partial charge on any atom is -0.368 e. The molecule has 25 heavy (non-hydrogen) atoms. The van der Waals surface area contributed by atoms with E-state index < -0.39 is 0 Å². The number of para-hydroxylation sites is 1. The van der Waals surface area contributed by atoms with Gasteiger partial charge in [-0.1, -0.05) is 23.4 Å². The fraction of sp³-hybridized carbons (Fsp3) is 0.312. The van der Waals surface area contributed by atoms with Crippen molar-refractivity contribution in [2.45, 2.75) is 18.9 Å². The van der Waals surface area contributed by atoms with Crippen molar-refractivity contribution in [3.8, 4) is 11.6 Å². The number of nitrogens with one attached hydrogen (secondary N) is 1. The van der Waals surface area contributed by atoms with Crippen LogP contribution in [0.1, 0.15) is 24.8 Å². The molecule has 1 aliphatic rings. The maximum atomic E-state index is 5.85. The molecule has 3 N–H and O–H groups in total. The van der Waals surface area contributed by atoms with Crippen molar-refractivity contribution in [2.24, 2.45) is 0 Å². The molecule has 0 bridgehead atoms. The van der Waals surface area contributed by atoms with E-state index in [1.165, 1.54) is 0 Å². The highest BCUT2D eigenvalue weighted by Gasteiger charge is 2.24. The van der Waals surface area contributed by atoms with E-state index in [0.717, 1.165) is 25.1 Å². The smallest absolute Gasteiger partial charge is 0.244 e. The van der Waals surface area contributed by atoms with Gasteiger partial charge >= 0.3 is 0 Å². The molecular formula is C16H18N8O. The van der Waals surface area contributed by atoms with E-state index in [1.807, 2.05) is 42.3 Å². The standard InChI is InChI=1S/C16H18N8O/c1-24(10-6-3-2-4-7-10)16-21-12(20-15(17)22-16)13-19-14(25-23-13)11-8-5-9-18-11/h2-4,6-7,11,18H,5,8-9H2,1H3,(H2,17,20,21,22)/t11-/m1/s1. The Morgan fingerprint density at radius 1 is 1.12 bits per heavy atom. The van der Waals surface area contributed by atoms with Crippen LogP contribution >= 0.6 is 0 Å². The molecule has 0 aliphatic carbocycles. The van der Waals surface area contributed by atoms with Gasteiger partial charge in [-0.05, 0) is 31.5 Å². The van der Waals surface area contributed by atoms with E-state index in [2.05, 4.69) is 30.4 Å². The van der Waals surface area contributed by atoms with Crippen LogP contribution in [0.5, 0.6) is 0 Å². The SMILES string of the molecule is CN(c1ccccc1)c1nc(N)nc(-c2noc([C@H]3CCCN3)n2)n1. The largest absolute Gasteiger partial charge is 0.368 e. The number of hydrogen-bond acceptors (Lipinski definition) is 9. The van der Waals surface area contributed by atoms with Gasteiger partial charge in [-0.15, -0.1) is 0 Å². The first-order chi connectivity index (χ1) is 12.2. The van der Waals surface area contributed by atoms with Crippen LogP contribution in [0.4, 0.5) is 17.6 Å². The predicted molar refractivity (Wildman–Crippen MR) is 92.0 cm³/mol. The summed E-state index contributed by atoms with van der Waals surface area (Å²) < 4.78 is 5.35. The third kappa shape index (κ3) is 3.13. The fourth-order valence-corrected chi connectivity index (χ4v) is 2.76. The molecule has 1 aliphatic heterocycles. The second-order valence-electron chi connectivity index (χ2n) is 5.82. The molecule has 4 rings (SSSR count). The summed E-state index contributed by atoms with van der Waals surface area (Å²) >= 11 is 0. The van der Waals surface area contributed by atoms with E-state index in [9.17, 15) is 0 Å². The average molecular weight is 338 g/mol. The lowest BCUT2D eigenvalue weighted by molar-refractivity contribution is 0.344. The summed E-state index contributed by atoms with van der Waals surface area (Å²) in [4.78, 5) is 19.0. The molecule has 128 valence electrons. The molecule has 9 nitrogen and oxygen atoms in total. The molecule has 0 amide bonds. The molecule has 3 heterocycles. The lowest BCUT2D eigenvalue weighted by Gasteiger charge is -2.17. The highest BCUT2D eigenvalue weighted by molar-refractivity contribution is 5.58. The molecule has 1 atom stereocenters. The Hall–Kier alpha value is -3.07. The summed E-state index contributed by atoms with van der Waals surface area (Å²) in [7, 11) is 1.86. The van der Waals surface area contributed by atoms with Gasteiger partial charge in [0.15, 0.2) is 0 Å². The van der Waals surface area contributed by atoms with Crippen molar-refractivity contribution in [3.63, 3.8) is 0 Å². The van der Waals surface area contributed by atoms with Gasteiger partial charge in [0.25, 0.3) is 0 Å². The quantitative estimate of drug-likeness (QED) is 0.732. The maximum absolute atomic E-state index is 5.85. The van der Waals surface area contributed by atoms with E-state index in [0.29, 0.717) is 23.5 Å². The van der Waals surface area contributed by atoms with Crippen LogP contribution < -0.4 is 16.0 Å². The van der Waals surface area contributed by atoms with E-state index >= 15 is 0 Å². The number of aromatic nitrogens is 5. The normalized spacial score (nSPS) is 16.9. The van der Waals surface area contributed by atoms with Crippen LogP contribution in [0.25, 0.3) is 11.6 Å². The van der Waals surface area contributed by atoms with E-state index in [1.54, 1.807) is 0 Å². The molecule has 0 spiro atoms. The van der Waals surface area contributed by atoms with Gasteiger partial charge in [0.05, 0.1) is 6.04 Å². The molecule has 9 heteroatoms. The van der Waals surface area contributed by atoms with Crippen molar-refractivity contribution in [2.75, 3.05) is 24.2 Å². The molecule has 2 aromatic heterocycles. The van der Waals surface area contributed by atoms with Gasteiger partial charge in [-0.25, -0.2) is 0 Å². The number of nitrogens with zero attached hydrogens (tertiary/aromatic N) is 6. The van der Waals surface area contributed by atoms with Crippen LogP contribution in [0.3, 0.4) is 0 Å². The minimum absolute atomic E-state index is 0.0897. The Bertz CT molecular complexity index is 860. The van der Waals surface area contributed by atoms with Crippen molar-refractivity contribution in [3.05, 3.63) is 36.2 Å². The first-order valence-corrected chi connectivity index (χ1v) is 8.08. The van der Waals surface area contributed by atoms with Gasteiger partial charge < -0.3 is 20.5 Å². The highest BCUT2D eigenvalue weighted by atomic mass is 16.5. The molecule has 1 aromatic carbocycles. The maximum Gasteiger partial charge on any atom is 0.244 e. The third-order valence-electron chi connectivity index (χ3n) is 4.08. The summed E-state index contributed by atoms with van der Waals surface area (Å²) in [6, 6.07) is 9.83. The topological polar surface area (TPSA) is 119 Å². The lowest BCUT2D eigenvalue weighted by atomic mass is 10.2. The number of hydrogen-bond donors (Lipinski definition) is 2. The third-order valence-corrected chi connectivity index (χ3v) is 4.08. The summed E-state index contributed by atoms with van der Waals surface area (Å²) in [6.07, 6.45) is 2.07. The van der Waals surface area contributed by atoms with Gasteiger partial charge in [0.2, 0.25) is 29.4 Å². The second kappa shape index (κ2) is 6.44. The first kappa shape index (κ1) is 15.5. The number of nitrogens with two attached hydrogens (primary N) is 1. The van der Waals surface area contributed by atoms with Crippen LogP contribution in [0.2, 0.25) is 0 Å². The molecular weight excluding hydrogens is 320 g/mol. The molecule has 1 saturated heterocycles. The summed E-state index contributed by atoms with van der Waals surface area (Å²) in [5, 5.41) is 7.31. The summed E-state index contributed by atoms with van der Waals surface area (Å²) in [5.41, 5.74) is 6.79. The Kier molecular flexibility index (Phi) is 3.98. The summed E-state index contributed by atoms with van der Waals surface area (Å²) in [6.45, 7) is 0.951. The van der Waals surface area contributed by atoms with Gasteiger partial charge in [0.1, 0.15) is 0 Å². The van der Waals surface area contributed by atoms with Crippen LogP contribution in [-0.4, -0.2) is 38.7 Å².